The molecule has 0 bridgehead atoms. The van der Waals surface area contributed by atoms with E-state index in [2.05, 4.69) is 56.5 Å². The average molecular weight is 372 g/mol. The quantitative estimate of drug-likeness (QED) is 0.532. The molecule has 2 N–H and O–H groups in total. The van der Waals surface area contributed by atoms with E-state index in [-0.39, 0.29) is 0 Å². The van der Waals surface area contributed by atoms with Crippen LogP contribution >= 0.6 is 0 Å². The van der Waals surface area contributed by atoms with Gasteiger partial charge in [-0.3, -0.25) is 0 Å². The molecule has 7 heteroatoms. The van der Waals surface area contributed by atoms with Gasteiger partial charge < -0.3 is 15.4 Å². The number of nitrogens with zero attached hydrogens (tertiary/aromatic N) is 4. The van der Waals surface area contributed by atoms with E-state index < -0.39 is 0 Å². The SMILES string of the molecule is COc1cccc(Nc2nc(Nc3ccc(C)c(C)c3)c3nccnc3n2)c1. The Balaban J connectivity index is 1.73. The van der Waals surface area contributed by atoms with Crippen LogP contribution in [-0.4, -0.2) is 27.0 Å². The smallest absolute Gasteiger partial charge is 0.231 e. The molecule has 7 nitrogen and oxygen atoms in total. The van der Waals surface area contributed by atoms with Crippen molar-refractivity contribution in [3.8, 4) is 5.75 Å². The molecule has 4 rings (SSSR count). The van der Waals surface area contributed by atoms with E-state index in [1.807, 2.05) is 30.3 Å². The monoisotopic (exact) mass is 372 g/mol. The summed E-state index contributed by atoms with van der Waals surface area (Å²) in [6.07, 6.45) is 3.25. The van der Waals surface area contributed by atoms with Crippen molar-refractivity contribution in [3.05, 3.63) is 66.0 Å². The van der Waals surface area contributed by atoms with Gasteiger partial charge in [-0.25, -0.2) is 9.97 Å². The molecule has 0 saturated heterocycles. The fourth-order valence-electron chi connectivity index (χ4n) is 2.79. The number of methoxy groups -OCH3 is 1. The molecule has 0 radical (unpaired) electrons. The predicted molar refractivity (Wildman–Crippen MR) is 111 cm³/mol. The second-order valence-corrected chi connectivity index (χ2v) is 6.41. The molecule has 0 fully saturated rings. The maximum absolute atomic E-state index is 5.27. The summed E-state index contributed by atoms with van der Waals surface area (Å²) in [6, 6.07) is 13.7. The van der Waals surface area contributed by atoms with Gasteiger partial charge in [-0.15, -0.1) is 0 Å². The molecule has 2 heterocycles. The van der Waals surface area contributed by atoms with Gasteiger partial charge in [0, 0.05) is 29.8 Å². The zero-order valence-corrected chi connectivity index (χ0v) is 15.9. The molecule has 2 aromatic carbocycles. The van der Waals surface area contributed by atoms with Gasteiger partial charge in [-0.2, -0.15) is 9.97 Å². The van der Waals surface area contributed by atoms with Gasteiger partial charge in [0.2, 0.25) is 5.95 Å². The average Bonchev–Trinajstić information content (AvgIpc) is 2.71. The van der Waals surface area contributed by atoms with Crippen LogP contribution in [0, 0.1) is 13.8 Å². The molecule has 0 unspecified atom stereocenters. The first-order valence-electron chi connectivity index (χ1n) is 8.86. The van der Waals surface area contributed by atoms with Crippen molar-refractivity contribution in [2.45, 2.75) is 13.8 Å². The van der Waals surface area contributed by atoms with Crippen molar-refractivity contribution < 1.29 is 4.74 Å². The third kappa shape index (κ3) is 3.68. The Morgan fingerprint density at radius 1 is 0.821 bits per heavy atom. The minimum atomic E-state index is 0.424. The van der Waals surface area contributed by atoms with Crippen LogP contribution in [0.25, 0.3) is 11.2 Å². The van der Waals surface area contributed by atoms with Gasteiger partial charge in [-0.05, 0) is 49.2 Å². The maximum Gasteiger partial charge on any atom is 0.231 e. The van der Waals surface area contributed by atoms with Crippen LogP contribution in [0.1, 0.15) is 11.1 Å². The molecule has 0 atom stereocenters. The molecule has 28 heavy (non-hydrogen) atoms. The molecule has 0 spiro atoms. The van der Waals surface area contributed by atoms with Crippen molar-refractivity contribution in [3.63, 3.8) is 0 Å². The van der Waals surface area contributed by atoms with Crippen LogP contribution in [0.2, 0.25) is 0 Å². The lowest BCUT2D eigenvalue weighted by Gasteiger charge is -2.12. The highest BCUT2D eigenvalue weighted by Crippen LogP contribution is 2.26. The molecule has 4 aromatic rings. The van der Waals surface area contributed by atoms with E-state index >= 15 is 0 Å². The first-order chi connectivity index (χ1) is 13.6. The number of aromatic nitrogens is 4. The van der Waals surface area contributed by atoms with E-state index in [1.165, 1.54) is 11.1 Å². The number of rotatable bonds is 5. The summed E-state index contributed by atoms with van der Waals surface area (Å²) in [5.41, 5.74) is 5.30. The number of fused-ring (bicyclic) bond motifs is 1. The second kappa shape index (κ2) is 7.48. The lowest BCUT2D eigenvalue weighted by Crippen LogP contribution is -2.04. The highest BCUT2D eigenvalue weighted by molar-refractivity contribution is 5.86. The minimum absolute atomic E-state index is 0.424. The summed E-state index contributed by atoms with van der Waals surface area (Å²) in [6.45, 7) is 4.16. The summed E-state index contributed by atoms with van der Waals surface area (Å²) in [4.78, 5) is 17.8. The predicted octanol–water partition coefficient (Wildman–Crippen LogP) is 4.53. The summed E-state index contributed by atoms with van der Waals surface area (Å²) in [7, 11) is 1.63. The van der Waals surface area contributed by atoms with Crippen LogP contribution in [0.3, 0.4) is 0 Å². The van der Waals surface area contributed by atoms with E-state index in [4.69, 9.17) is 4.74 Å². The normalized spacial score (nSPS) is 10.7. The number of anilines is 4. The van der Waals surface area contributed by atoms with Crippen LogP contribution in [0.5, 0.6) is 5.75 Å². The van der Waals surface area contributed by atoms with Crippen LogP contribution in [0.4, 0.5) is 23.1 Å². The summed E-state index contributed by atoms with van der Waals surface area (Å²) >= 11 is 0. The molecule has 0 saturated carbocycles. The highest BCUT2D eigenvalue weighted by atomic mass is 16.5. The molecule has 0 amide bonds. The van der Waals surface area contributed by atoms with Gasteiger partial charge in [-0.1, -0.05) is 12.1 Å². The lowest BCUT2D eigenvalue weighted by molar-refractivity contribution is 0.415. The Kier molecular flexibility index (Phi) is 4.72. The molecule has 2 aromatic heterocycles. The van der Waals surface area contributed by atoms with E-state index in [0.29, 0.717) is 22.9 Å². The molecule has 140 valence electrons. The van der Waals surface area contributed by atoms with E-state index in [1.54, 1.807) is 19.5 Å². The number of hydrogen-bond acceptors (Lipinski definition) is 7. The van der Waals surface area contributed by atoms with Gasteiger partial charge in [0.1, 0.15) is 5.75 Å². The Morgan fingerprint density at radius 3 is 2.46 bits per heavy atom. The number of aryl methyl sites for hydroxylation is 2. The summed E-state index contributed by atoms with van der Waals surface area (Å²) < 4.78 is 5.27. The number of hydrogen-bond donors (Lipinski definition) is 2. The van der Waals surface area contributed by atoms with Crippen molar-refractivity contribution in [1.29, 1.82) is 0 Å². The van der Waals surface area contributed by atoms with E-state index in [0.717, 1.165) is 17.1 Å². The fourth-order valence-corrected chi connectivity index (χ4v) is 2.79. The van der Waals surface area contributed by atoms with Crippen LogP contribution in [-0.2, 0) is 0 Å². The molecular formula is C21H20N6O. The topological polar surface area (TPSA) is 84.9 Å². The first-order valence-corrected chi connectivity index (χ1v) is 8.86. The third-order valence-corrected chi connectivity index (χ3v) is 4.43. The second-order valence-electron chi connectivity index (χ2n) is 6.41. The standard InChI is InChI=1S/C21H20N6O/c1-13-7-8-16(11-14(13)2)24-20-18-19(23-10-9-22-18)26-21(27-20)25-15-5-4-6-17(12-15)28-3/h4-12H,1-3H3,(H2,23,24,25,26,27). The minimum Gasteiger partial charge on any atom is -0.497 e. The van der Waals surface area contributed by atoms with Crippen molar-refractivity contribution in [2.75, 3.05) is 17.7 Å². The molecule has 0 aliphatic rings. The molecule has 0 aliphatic heterocycles. The zero-order valence-electron chi connectivity index (χ0n) is 15.9. The number of nitrogens with one attached hydrogen (secondary N) is 2. The Bertz CT molecular complexity index is 1140. The summed E-state index contributed by atoms with van der Waals surface area (Å²) in [5.74, 6) is 1.76. The van der Waals surface area contributed by atoms with Crippen LogP contribution in [0.15, 0.2) is 54.9 Å². The maximum atomic E-state index is 5.27. The van der Waals surface area contributed by atoms with Gasteiger partial charge >= 0.3 is 0 Å². The molecular weight excluding hydrogens is 352 g/mol. The lowest BCUT2D eigenvalue weighted by atomic mass is 10.1. The first kappa shape index (κ1) is 17.7. The Morgan fingerprint density at radius 2 is 1.64 bits per heavy atom. The van der Waals surface area contributed by atoms with Crippen LogP contribution < -0.4 is 15.4 Å². The van der Waals surface area contributed by atoms with Crippen molar-refractivity contribution in [1.82, 2.24) is 19.9 Å². The Hall–Kier alpha value is -3.74. The van der Waals surface area contributed by atoms with E-state index in [9.17, 15) is 0 Å². The summed E-state index contributed by atoms with van der Waals surface area (Å²) in [5, 5.41) is 6.55. The van der Waals surface area contributed by atoms with Gasteiger partial charge in [0.15, 0.2) is 17.0 Å². The Labute approximate surface area is 162 Å². The number of ether oxygens (including phenoxy) is 1. The molecule has 0 aliphatic carbocycles. The van der Waals surface area contributed by atoms with Crippen molar-refractivity contribution in [2.24, 2.45) is 0 Å². The van der Waals surface area contributed by atoms with Gasteiger partial charge in [0.05, 0.1) is 7.11 Å². The largest absolute Gasteiger partial charge is 0.497 e. The zero-order chi connectivity index (χ0) is 19.5. The van der Waals surface area contributed by atoms with Crippen molar-refractivity contribution >= 4 is 34.3 Å². The third-order valence-electron chi connectivity index (χ3n) is 4.43. The highest BCUT2D eigenvalue weighted by Gasteiger charge is 2.11. The number of benzene rings is 2. The fraction of sp³-hybridized carbons (Fsp3) is 0.143. The van der Waals surface area contributed by atoms with Gasteiger partial charge in [0.25, 0.3) is 0 Å².